The molecule has 0 bridgehead atoms. The van der Waals surface area contributed by atoms with Crippen LogP contribution < -0.4 is 0 Å². The molecule has 0 heteroatoms. The summed E-state index contributed by atoms with van der Waals surface area (Å²) < 4.78 is 0. The first-order chi connectivity index (χ1) is 7.22. The normalized spacial score (nSPS) is 34.3. The Morgan fingerprint density at radius 3 is 1.12 bits per heavy atom. The van der Waals surface area contributed by atoms with Crippen LogP contribution in [0.25, 0.3) is 0 Å². The highest BCUT2D eigenvalue weighted by Crippen LogP contribution is 2.33. The lowest BCUT2D eigenvalue weighted by Gasteiger charge is -2.31. The first-order valence-electron chi connectivity index (χ1n) is 7.22. The molecule has 98 valence electrons. The molecule has 0 aromatic rings. The quantitative estimate of drug-likeness (QED) is 0.471. The van der Waals surface area contributed by atoms with Crippen LogP contribution in [-0.4, -0.2) is 0 Å². The van der Waals surface area contributed by atoms with E-state index in [0.717, 1.165) is 17.8 Å². The van der Waals surface area contributed by atoms with Crippen molar-refractivity contribution in [2.75, 3.05) is 0 Å². The Hall–Kier alpha value is 0. The molecule has 2 saturated carbocycles. The molecule has 2 aliphatic rings. The first-order valence-corrected chi connectivity index (χ1v) is 7.22. The Kier molecular flexibility index (Phi) is 9.07. The van der Waals surface area contributed by atoms with E-state index >= 15 is 0 Å². The summed E-state index contributed by atoms with van der Waals surface area (Å²) in [6, 6.07) is 0. The number of hydrogen-bond acceptors (Lipinski definition) is 0. The molecule has 0 N–H and O–H groups in total. The molecule has 2 fully saturated rings. The fourth-order valence-electron chi connectivity index (χ4n) is 2.91. The van der Waals surface area contributed by atoms with Crippen molar-refractivity contribution in [1.82, 2.24) is 0 Å². The highest BCUT2D eigenvalue weighted by Gasteiger charge is 2.22. The molecule has 2 rings (SSSR count). The molecular weight excluding hydrogens is 192 g/mol. The molecule has 0 aromatic heterocycles. The summed E-state index contributed by atoms with van der Waals surface area (Å²) in [6.45, 7) is 7.18. The first kappa shape index (κ1) is 16.0. The Labute approximate surface area is 104 Å². The highest BCUT2D eigenvalue weighted by molar-refractivity contribution is 4.73. The zero-order valence-corrected chi connectivity index (χ0v) is 11.1. The minimum absolute atomic E-state index is 0. The van der Waals surface area contributed by atoms with E-state index in [1.165, 1.54) is 57.8 Å². The van der Waals surface area contributed by atoms with Gasteiger partial charge in [0, 0.05) is 0 Å². The van der Waals surface area contributed by atoms with Crippen LogP contribution >= 0.6 is 0 Å². The van der Waals surface area contributed by atoms with Crippen molar-refractivity contribution in [2.45, 2.75) is 86.0 Å². The van der Waals surface area contributed by atoms with Gasteiger partial charge in [-0.2, -0.15) is 0 Å². The van der Waals surface area contributed by atoms with E-state index in [2.05, 4.69) is 20.8 Å². The van der Waals surface area contributed by atoms with Gasteiger partial charge in [0.15, 0.2) is 0 Å². The number of rotatable bonds is 0. The Morgan fingerprint density at radius 2 is 0.875 bits per heavy atom. The van der Waals surface area contributed by atoms with Gasteiger partial charge in [-0.25, -0.2) is 0 Å². The van der Waals surface area contributed by atoms with E-state index in [9.17, 15) is 0 Å². The summed E-state index contributed by atoms with van der Waals surface area (Å²) in [5.41, 5.74) is 0. The lowest BCUT2D eigenvalue weighted by atomic mass is 9.75. The molecule has 0 aliphatic heterocycles. The van der Waals surface area contributed by atoms with Gasteiger partial charge in [-0.15, -0.1) is 0 Å². The van der Waals surface area contributed by atoms with Crippen molar-refractivity contribution >= 4 is 0 Å². The smallest absolute Gasteiger partial charge is 0.0391 e. The molecule has 0 saturated heterocycles. The molecule has 2 atom stereocenters. The maximum absolute atomic E-state index is 2.40. The average Bonchev–Trinajstić information content (AvgIpc) is 2.29. The van der Waals surface area contributed by atoms with Crippen molar-refractivity contribution in [3.63, 3.8) is 0 Å². The Morgan fingerprint density at radius 1 is 0.562 bits per heavy atom. The summed E-state index contributed by atoms with van der Waals surface area (Å²) in [5.74, 6) is 2.93. The molecule has 2 aliphatic carbocycles. The van der Waals surface area contributed by atoms with Gasteiger partial charge in [-0.05, 0) is 17.8 Å². The monoisotopic (exact) mass is 226 g/mol. The molecule has 0 spiro atoms. The van der Waals surface area contributed by atoms with Crippen LogP contribution in [0.3, 0.4) is 0 Å². The van der Waals surface area contributed by atoms with Gasteiger partial charge in [0.1, 0.15) is 0 Å². The second-order valence-corrected chi connectivity index (χ2v) is 5.87. The summed E-state index contributed by atoms with van der Waals surface area (Å²) in [5, 5.41) is 0. The SMILES string of the molecule is C.C1CCCCC1.CC1CCCC(C)C1C. The van der Waals surface area contributed by atoms with Crippen molar-refractivity contribution in [3.8, 4) is 0 Å². The predicted octanol–water partition coefficient (Wildman–Crippen LogP) is 6.06. The fourth-order valence-corrected chi connectivity index (χ4v) is 2.91. The Bertz CT molecular complexity index is 125. The minimum Gasteiger partial charge on any atom is -0.0776 e. The van der Waals surface area contributed by atoms with Crippen molar-refractivity contribution in [3.05, 3.63) is 0 Å². The van der Waals surface area contributed by atoms with Crippen molar-refractivity contribution < 1.29 is 0 Å². The second kappa shape index (κ2) is 9.07. The molecule has 0 heterocycles. The van der Waals surface area contributed by atoms with Crippen LogP contribution in [0.1, 0.15) is 86.0 Å². The van der Waals surface area contributed by atoms with E-state index in [1.54, 1.807) is 0 Å². The topological polar surface area (TPSA) is 0 Å². The van der Waals surface area contributed by atoms with Crippen LogP contribution in [0.4, 0.5) is 0 Å². The maximum Gasteiger partial charge on any atom is -0.0391 e. The highest BCUT2D eigenvalue weighted by atomic mass is 14.3. The van der Waals surface area contributed by atoms with E-state index in [4.69, 9.17) is 0 Å². The van der Waals surface area contributed by atoms with Gasteiger partial charge in [-0.3, -0.25) is 0 Å². The summed E-state index contributed by atoms with van der Waals surface area (Å²) in [4.78, 5) is 0. The standard InChI is InChI=1S/C9H18.C6H12.CH4/c1-7-5-4-6-8(2)9(7)3;1-2-4-6-5-3-1;/h7-9H,4-6H2,1-3H3;1-6H2;1H4. The zero-order chi connectivity index (χ0) is 11.1. The third-order valence-corrected chi connectivity index (χ3v) is 4.61. The van der Waals surface area contributed by atoms with Crippen molar-refractivity contribution in [1.29, 1.82) is 0 Å². The number of hydrogen-bond donors (Lipinski definition) is 0. The largest absolute Gasteiger partial charge is 0.0776 e. The lowest BCUT2D eigenvalue weighted by Crippen LogP contribution is -2.21. The minimum atomic E-state index is 0. The summed E-state index contributed by atoms with van der Waals surface area (Å²) in [6.07, 6.45) is 13.4. The van der Waals surface area contributed by atoms with Gasteiger partial charge in [0.05, 0.1) is 0 Å². The molecule has 0 aromatic carbocycles. The molecular formula is C16H34. The average molecular weight is 226 g/mol. The predicted molar refractivity (Wildman–Crippen MR) is 75.8 cm³/mol. The van der Waals surface area contributed by atoms with Gasteiger partial charge in [0.2, 0.25) is 0 Å². The van der Waals surface area contributed by atoms with E-state index < -0.39 is 0 Å². The summed E-state index contributed by atoms with van der Waals surface area (Å²) >= 11 is 0. The van der Waals surface area contributed by atoms with Gasteiger partial charge < -0.3 is 0 Å². The second-order valence-electron chi connectivity index (χ2n) is 5.87. The van der Waals surface area contributed by atoms with Gasteiger partial charge in [0.25, 0.3) is 0 Å². The lowest BCUT2D eigenvalue weighted by molar-refractivity contribution is 0.197. The third kappa shape index (κ3) is 5.92. The van der Waals surface area contributed by atoms with E-state index in [0.29, 0.717) is 0 Å². The maximum atomic E-state index is 2.40. The molecule has 16 heavy (non-hydrogen) atoms. The van der Waals surface area contributed by atoms with Crippen LogP contribution in [0, 0.1) is 17.8 Å². The summed E-state index contributed by atoms with van der Waals surface area (Å²) in [7, 11) is 0. The van der Waals surface area contributed by atoms with Gasteiger partial charge >= 0.3 is 0 Å². The van der Waals surface area contributed by atoms with Crippen LogP contribution in [0.5, 0.6) is 0 Å². The van der Waals surface area contributed by atoms with Gasteiger partial charge in [-0.1, -0.05) is 86.0 Å². The molecule has 2 unspecified atom stereocenters. The Balaban J connectivity index is 0.000000283. The molecule has 0 nitrogen and oxygen atoms in total. The van der Waals surface area contributed by atoms with Crippen LogP contribution in [-0.2, 0) is 0 Å². The third-order valence-electron chi connectivity index (χ3n) is 4.61. The fraction of sp³-hybridized carbons (Fsp3) is 1.00. The van der Waals surface area contributed by atoms with Crippen LogP contribution in [0.2, 0.25) is 0 Å². The molecule has 0 amide bonds. The van der Waals surface area contributed by atoms with Crippen molar-refractivity contribution in [2.24, 2.45) is 17.8 Å². The van der Waals surface area contributed by atoms with E-state index in [-0.39, 0.29) is 7.43 Å². The van der Waals surface area contributed by atoms with Crippen LogP contribution in [0.15, 0.2) is 0 Å². The zero-order valence-electron chi connectivity index (χ0n) is 11.1. The van der Waals surface area contributed by atoms with E-state index in [1.807, 2.05) is 0 Å². The molecule has 0 radical (unpaired) electrons.